The van der Waals surface area contributed by atoms with Crippen LogP contribution >= 0.6 is 24.0 Å². The Balaban J connectivity index is 2.44. The van der Waals surface area contributed by atoms with Gasteiger partial charge >= 0.3 is 0 Å². The first-order chi connectivity index (χ1) is 8.61. The van der Waals surface area contributed by atoms with Gasteiger partial charge in [0.1, 0.15) is 17.3 Å². The number of carbonyl (C=O) groups excluding carboxylic acids is 1. The molecule has 0 radical (unpaired) electrons. The van der Waals surface area contributed by atoms with Gasteiger partial charge in [-0.2, -0.15) is 11.8 Å². The lowest BCUT2D eigenvalue weighted by Gasteiger charge is -2.07. The minimum Gasteiger partial charge on any atom is -0.487 e. The number of hydrogen-bond donors (Lipinski definition) is 2. The van der Waals surface area contributed by atoms with E-state index in [1.54, 1.807) is 36.0 Å². The number of rotatable bonds is 7. The van der Waals surface area contributed by atoms with Crippen LogP contribution in [0.4, 0.5) is 5.69 Å². The van der Waals surface area contributed by atoms with Gasteiger partial charge in [0.25, 0.3) is 0 Å². The Hall–Kier alpha value is -1.27. The largest absolute Gasteiger partial charge is 0.487 e. The fourth-order valence-corrected chi connectivity index (χ4v) is 1.66. The average Bonchev–Trinajstić information content (AvgIpc) is 2.35. The molecule has 0 aliphatic carbocycles. The Bertz CT molecular complexity index is 407. The lowest BCUT2D eigenvalue weighted by molar-refractivity contribution is -0.115. The van der Waals surface area contributed by atoms with Gasteiger partial charge < -0.3 is 15.8 Å². The van der Waals surface area contributed by atoms with Gasteiger partial charge in [0.15, 0.2) is 0 Å². The molecule has 0 fully saturated rings. The van der Waals surface area contributed by atoms with Gasteiger partial charge in [0, 0.05) is 17.9 Å². The summed E-state index contributed by atoms with van der Waals surface area (Å²) < 4.78 is 5.31. The third kappa shape index (κ3) is 5.88. The van der Waals surface area contributed by atoms with Gasteiger partial charge in [0.2, 0.25) is 5.91 Å². The molecule has 98 valence electrons. The Labute approximate surface area is 116 Å². The molecule has 18 heavy (non-hydrogen) atoms. The molecule has 0 bridgehead atoms. The molecule has 3 N–H and O–H groups in total. The van der Waals surface area contributed by atoms with Crippen LogP contribution in [-0.4, -0.2) is 29.5 Å². The van der Waals surface area contributed by atoms with Crippen molar-refractivity contribution in [2.45, 2.75) is 6.42 Å². The smallest absolute Gasteiger partial charge is 0.225 e. The summed E-state index contributed by atoms with van der Waals surface area (Å²) in [6.07, 6.45) is 2.49. The zero-order chi connectivity index (χ0) is 13.4. The van der Waals surface area contributed by atoms with Crippen LogP contribution in [-0.2, 0) is 4.79 Å². The number of thiocarbonyl (C=S) groups is 1. The standard InChI is InChI=1S/C12H16N2O2S2/c1-18-7-6-12(15)14-9-2-4-10(5-3-9)16-8-11(13)17/h2-5H,6-8H2,1H3,(H2,13,17)(H,14,15). The Morgan fingerprint density at radius 3 is 2.67 bits per heavy atom. The molecule has 1 aromatic rings. The molecule has 0 aliphatic rings. The monoisotopic (exact) mass is 284 g/mol. The van der Waals surface area contributed by atoms with E-state index in [2.05, 4.69) is 5.32 Å². The fourth-order valence-electron chi connectivity index (χ4n) is 1.21. The van der Waals surface area contributed by atoms with E-state index in [1.165, 1.54) is 0 Å². The van der Waals surface area contributed by atoms with Crippen molar-refractivity contribution >= 4 is 40.6 Å². The molecule has 6 heteroatoms. The number of carbonyl (C=O) groups is 1. The van der Waals surface area contributed by atoms with E-state index in [0.717, 1.165) is 11.4 Å². The number of hydrogen-bond acceptors (Lipinski definition) is 4. The Morgan fingerprint density at radius 1 is 1.44 bits per heavy atom. The van der Waals surface area contributed by atoms with Crippen molar-refractivity contribution in [1.29, 1.82) is 0 Å². The first kappa shape index (κ1) is 14.8. The van der Waals surface area contributed by atoms with Crippen LogP contribution < -0.4 is 15.8 Å². The van der Waals surface area contributed by atoms with Crippen LogP contribution in [0.1, 0.15) is 6.42 Å². The quantitative estimate of drug-likeness (QED) is 0.750. The lowest BCUT2D eigenvalue weighted by Crippen LogP contribution is -2.17. The fraction of sp³-hybridized carbons (Fsp3) is 0.333. The summed E-state index contributed by atoms with van der Waals surface area (Å²) in [5.41, 5.74) is 6.08. The molecule has 0 unspecified atom stereocenters. The van der Waals surface area contributed by atoms with Crippen molar-refractivity contribution < 1.29 is 9.53 Å². The van der Waals surface area contributed by atoms with E-state index < -0.39 is 0 Å². The van der Waals surface area contributed by atoms with Gasteiger partial charge in [-0.1, -0.05) is 12.2 Å². The summed E-state index contributed by atoms with van der Waals surface area (Å²) in [4.78, 5) is 11.8. The molecule has 0 aromatic heterocycles. The van der Waals surface area contributed by atoms with Crippen molar-refractivity contribution in [3.63, 3.8) is 0 Å². The molecule has 0 aliphatic heterocycles. The third-order valence-corrected chi connectivity index (χ3v) is 2.78. The minimum absolute atomic E-state index is 0.0150. The minimum atomic E-state index is 0.0150. The van der Waals surface area contributed by atoms with Crippen LogP contribution in [0, 0.1) is 0 Å². The summed E-state index contributed by atoms with van der Waals surface area (Å²) in [7, 11) is 0. The van der Waals surface area contributed by atoms with Crippen molar-refractivity contribution in [2.24, 2.45) is 5.73 Å². The highest BCUT2D eigenvalue weighted by atomic mass is 32.2. The van der Waals surface area contributed by atoms with E-state index >= 15 is 0 Å². The molecule has 1 aromatic carbocycles. The molecule has 0 saturated heterocycles. The predicted molar refractivity (Wildman–Crippen MR) is 80.4 cm³/mol. The van der Waals surface area contributed by atoms with Crippen LogP contribution in [0.2, 0.25) is 0 Å². The van der Waals surface area contributed by atoms with Crippen LogP contribution in [0.25, 0.3) is 0 Å². The maximum absolute atomic E-state index is 11.5. The normalized spacial score (nSPS) is 9.83. The molecular formula is C12H16N2O2S2. The van der Waals surface area contributed by atoms with E-state index in [9.17, 15) is 4.79 Å². The molecular weight excluding hydrogens is 268 g/mol. The van der Waals surface area contributed by atoms with Crippen molar-refractivity contribution in [3.05, 3.63) is 24.3 Å². The predicted octanol–water partition coefficient (Wildman–Crippen LogP) is 2.04. The van der Waals surface area contributed by atoms with Crippen LogP contribution in [0.3, 0.4) is 0 Å². The second-order valence-corrected chi connectivity index (χ2v) is 5.08. The van der Waals surface area contributed by atoms with Gasteiger partial charge in [-0.05, 0) is 30.5 Å². The number of thioether (sulfide) groups is 1. The molecule has 1 rings (SSSR count). The van der Waals surface area contributed by atoms with E-state index in [1.807, 2.05) is 6.26 Å². The second kappa shape index (κ2) is 7.94. The lowest BCUT2D eigenvalue weighted by atomic mass is 10.3. The summed E-state index contributed by atoms with van der Waals surface area (Å²) in [6, 6.07) is 7.10. The van der Waals surface area contributed by atoms with E-state index in [4.69, 9.17) is 22.7 Å². The summed E-state index contributed by atoms with van der Waals surface area (Å²) >= 11 is 6.36. The molecule has 0 spiro atoms. The highest BCUT2D eigenvalue weighted by Gasteiger charge is 2.02. The average molecular weight is 284 g/mol. The number of ether oxygens (including phenoxy) is 1. The van der Waals surface area contributed by atoms with Gasteiger partial charge in [-0.25, -0.2) is 0 Å². The number of benzene rings is 1. The second-order valence-electron chi connectivity index (χ2n) is 3.57. The summed E-state index contributed by atoms with van der Waals surface area (Å²) in [5, 5.41) is 2.81. The topological polar surface area (TPSA) is 64.3 Å². The highest BCUT2D eigenvalue weighted by molar-refractivity contribution is 7.98. The maximum atomic E-state index is 11.5. The van der Waals surface area contributed by atoms with Crippen LogP contribution in [0.15, 0.2) is 24.3 Å². The Morgan fingerprint density at radius 2 is 2.11 bits per heavy atom. The first-order valence-corrected chi connectivity index (χ1v) is 7.22. The van der Waals surface area contributed by atoms with E-state index in [0.29, 0.717) is 17.2 Å². The Kier molecular flexibility index (Phi) is 6.53. The first-order valence-electron chi connectivity index (χ1n) is 5.42. The van der Waals surface area contributed by atoms with Crippen LogP contribution in [0.5, 0.6) is 5.75 Å². The summed E-state index contributed by atoms with van der Waals surface area (Å²) in [6.45, 7) is 0.217. The number of nitrogens with one attached hydrogen (secondary N) is 1. The van der Waals surface area contributed by atoms with Gasteiger partial charge in [-0.15, -0.1) is 0 Å². The summed E-state index contributed by atoms with van der Waals surface area (Å²) in [5.74, 6) is 1.51. The zero-order valence-corrected chi connectivity index (χ0v) is 11.8. The molecule has 0 saturated carbocycles. The maximum Gasteiger partial charge on any atom is 0.225 e. The van der Waals surface area contributed by atoms with E-state index in [-0.39, 0.29) is 12.5 Å². The molecule has 0 atom stereocenters. The SMILES string of the molecule is CSCCC(=O)Nc1ccc(OCC(N)=S)cc1. The van der Waals surface area contributed by atoms with Crippen molar-refractivity contribution in [2.75, 3.05) is 23.9 Å². The molecule has 1 amide bonds. The van der Waals surface area contributed by atoms with Gasteiger partial charge in [-0.3, -0.25) is 4.79 Å². The van der Waals surface area contributed by atoms with Gasteiger partial charge in [0.05, 0.1) is 0 Å². The molecule has 0 heterocycles. The third-order valence-electron chi connectivity index (χ3n) is 2.05. The number of nitrogens with two attached hydrogens (primary N) is 1. The van der Waals surface area contributed by atoms with Crippen molar-refractivity contribution in [1.82, 2.24) is 0 Å². The number of amides is 1. The van der Waals surface area contributed by atoms with Crippen molar-refractivity contribution in [3.8, 4) is 5.75 Å². The zero-order valence-electron chi connectivity index (χ0n) is 10.1. The number of anilines is 1. The highest BCUT2D eigenvalue weighted by Crippen LogP contribution is 2.15. The molecule has 4 nitrogen and oxygen atoms in total.